The van der Waals surface area contributed by atoms with Gasteiger partial charge in [0, 0.05) is 29.3 Å². The number of carbonyl (C=O) groups is 1. The number of nitrogens with one attached hydrogen (secondary N) is 1. The van der Waals surface area contributed by atoms with Crippen LogP contribution in [0.1, 0.15) is 53.6 Å². The number of likely N-dealkylation sites (tertiary alicyclic amines) is 1. The average molecular weight is 402 g/mol. The number of amides is 1. The van der Waals surface area contributed by atoms with E-state index in [-0.39, 0.29) is 5.91 Å². The van der Waals surface area contributed by atoms with Gasteiger partial charge in [-0.15, -0.1) is 11.8 Å². The highest BCUT2D eigenvalue weighted by molar-refractivity contribution is 7.98. The molecule has 1 unspecified atom stereocenters. The maximum atomic E-state index is 12.8. The van der Waals surface area contributed by atoms with Crippen LogP contribution in [-0.4, -0.2) is 42.1 Å². The second-order valence-corrected chi connectivity index (χ2v) is 8.78. The van der Waals surface area contributed by atoms with Crippen molar-refractivity contribution in [2.75, 3.05) is 26.2 Å². The molecule has 1 aromatic heterocycles. The monoisotopic (exact) mass is 401 g/mol. The van der Waals surface area contributed by atoms with E-state index in [0.29, 0.717) is 12.5 Å². The molecule has 1 fully saturated rings. The fraction of sp³-hybridized carbons (Fsp3) is 0.545. The number of rotatable bonds is 8. The maximum Gasteiger partial charge on any atom is 0.252 e. The molecule has 5 nitrogen and oxygen atoms in total. The van der Waals surface area contributed by atoms with E-state index in [1.165, 1.54) is 32.4 Å². The van der Waals surface area contributed by atoms with E-state index in [2.05, 4.69) is 22.3 Å². The Labute approximate surface area is 172 Å². The third-order valence-electron chi connectivity index (χ3n) is 5.31. The topological polar surface area (TPSA) is 58.4 Å². The Morgan fingerprint density at radius 2 is 2.00 bits per heavy atom. The number of thioether (sulfide) groups is 1. The summed E-state index contributed by atoms with van der Waals surface area (Å²) < 4.78 is 5.24. The summed E-state index contributed by atoms with van der Waals surface area (Å²) in [6, 6.07) is 7.81. The summed E-state index contributed by atoms with van der Waals surface area (Å²) in [5.74, 6) is 2.05. The summed E-state index contributed by atoms with van der Waals surface area (Å²) in [6.07, 6.45) is 3.95. The van der Waals surface area contributed by atoms with Crippen molar-refractivity contribution in [3.05, 3.63) is 46.8 Å². The lowest BCUT2D eigenvalue weighted by atomic mass is 10.1. The predicted octanol–water partition coefficient (Wildman–Crippen LogP) is 4.44. The van der Waals surface area contributed by atoms with Gasteiger partial charge in [0.15, 0.2) is 0 Å². The van der Waals surface area contributed by atoms with Crippen molar-refractivity contribution in [2.45, 2.75) is 50.7 Å². The summed E-state index contributed by atoms with van der Waals surface area (Å²) in [5.41, 5.74) is 2.76. The molecule has 1 aliphatic rings. The Kier molecular flexibility index (Phi) is 7.57. The van der Waals surface area contributed by atoms with Crippen molar-refractivity contribution in [3.8, 4) is 0 Å². The highest BCUT2D eigenvalue weighted by Crippen LogP contribution is 2.28. The number of carbonyl (C=O) groups excluding carboxylic acids is 1. The van der Waals surface area contributed by atoms with Crippen molar-refractivity contribution >= 4 is 17.7 Å². The standard InChI is InChI=1S/C22H31N3O2S/c1-16(14-25-11-7-4-8-12-25)13-23-22(26)19-9-5-6-10-21(19)28-15-20-17(2)24-27-18(20)3/h5-6,9-10,16H,4,7-8,11-15H2,1-3H3,(H,23,26). The van der Waals surface area contributed by atoms with Gasteiger partial charge in [-0.2, -0.15) is 0 Å². The summed E-state index contributed by atoms with van der Waals surface area (Å²) in [4.78, 5) is 16.3. The molecule has 0 spiro atoms. The van der Waals surface area contributed by atoms with Crippen molar-refractivity contribution in [3.63, 3.8) is 0 Å². The molecule has 0 aliphatic carbocycles. The molecule has 2 aromatic rings. The molecule has 1 saturated heterocycles. The molecule has 152 valence electrons. The van der Waals surface area contributed by atoms with Crippen LogP contribution in [0.2, 0.25) is 0 Å². The van der Waals surface area contributed by atoms with Gasteiger partial charge in [0.2, 0.25) is 0 Å². The second kappa shape index (κ2) is 10.1. The maximum absolute atomic E-state index is 12.8. The van der Waals surface area contributed by atoms with Crippen LogP contribution in [-0.2, 0) is 5.75 Å². The van der Waals surface area contributed by atoms with Gasteiger partial charge in [-0.25, -0.2) is 0 Å². The average Bonchev–Trinajstić information content (AvgIpc) is 3.03. The molecule has 1 amide bonds. The molecule has 0 saturated carbocycles. The minimum Gasteiger partial charge on any atom is -0.361 e. The van der Waals surface area contributed by atoms with E-state index in [0.717, 1.165) is 39.8 Å². The summed E-state index contributed by atoms with van der Waals surface area (Å²) in [5, 5.41) is 7.15. The van der Waals surface area contributed by atoms with Crippen LogP contribution in [0.5, 0.6) is 0 Å². The SMILES string of the molecule is Cc1noc(C)c1CSc1ccccc1C(=O)NCC(C)CN1CCCCC1. The van der Waals surface area contributed by atoms with Gasteiger partial charge in [0.1, 0.15) is 5.76 Å². The fourth-order valence-corrected chi connectivity index (χ4v) is 4.85. The van der Waals surface area contributed by atoms with Crippen molar-refractivity contribution < 1.29 is 9.32 Å². The third-order valence-corrected chi connectivity index (χ3v) is 6.41. The van der Waals surface area contributed by atoms with E-state index >= 15 is 0 Å². The summed E-state index contributed by atoms with van der Waals surface area (Å²) in [7, 11) is 0. The molecule has 2 heterocycles. The van der Waals surface area contributed by atoms with Crippen LogP contribution in [0.15, 0.2) is 33.7 Å². The first-order chi connectivity index (χ1) is 13.5. The summed E-state index contributed by atoms with van der Waals surface area (Å²) in [6.45, 7) is 10.2. The molecular weight excluding hydrogens is 370 g/mol. The number of nitrogens with zero attached hydrogens (tertiary/aromatic N) is 2. The van der Waals surface area contributed by atoms with Crippen molar-refractivity contribution in [2.24, 2.45) is 5.92 Å². The Bertz CT molecular complexity index is 764. The number of benzene rings is 1. The highest BCUT2D eigenvalue weighted by Gasteiger charge is 2.17. The van der Waals surface area contributed by atoms with Crippen LogP contribution in [0, 0.1) is 19.8 Å². The Balaban J connectivity index is 1.54. The smallest absolute Gasteiger partial charge is 0.252 e. The minimum atomic E-state index is 0.00681. The quantitative estimate of drug-likeness (QED) is 0.663. The Hall–Kier alpha value is -1.79. The Morgan fingerprint density at radius 1 is 1.25 bits per heavy atom. The van der Waals surface area contributed by atoms with Crippen LogP contribution in [0.4, 0.5) is 0 Å². The normalized spacial score (nSPS) is 16.1. The molecule has 3 rings (SSSR count). The lowest BCUT2D eigenvalue weighted by Crippen LogP contribution is -2.38. The lowest BCUT2D eigenvalue weighted by molar-refractivity contribution is 0.0939. The first-order valence-electron chi connectivity index (χ1n) is 10.2. The molecule has 1 atom stereocenters. The minimum absolute atomic E-state index is 0.00681. The van der Waals surface area contributed by atoms with E-state index in [9.17, 15) is 4.79 Å². The zero-order valence-corrected chi connectivity index (χ0v) is 18.0. The van der Waals surface area contributed by atoms with E-state index in [1.807, 2.05) is 38.1 Å². The molecule has 28 heavy (non-hydrogen) atoms. The fourth-order valence-electron chi connectivity index (χ4n) is 3.65. The molecule has 1 N–H and O–H groups in total. The highest BCUT2D eigenvalue weighted by atomic mass is 32.2. The van der Waals surface area contributed by atoms with Gasteiger partial charge in [-0.1, -0.05) is 30.6 Å². The lowest BCUT2D eigenvalue weighted by Gasteiger charge is -2.29. The van der Waals surface area contributed by atoms with Gasteiger partial charge in [-0.3, -0.25) is 4.79 Å². The van der Waals surface area contributed by atoms with Gasteiger partial charge in [0.25, 0.3) is 5.91 Å². The number of piperidine rings is 1. The number of hydrogen-bond acceptors (Lipinski definition) is 5. The van der Waals surface area contributed by atoms with E-state index < -0.39 is 0 Å². The van der Waals surface area contributed by atoms with Crippen molar-refractivity contribution in [1.82, 2.24) is 15.4 Å². The third kappa shape index (κ3) is 5.61. The van der Waals surface area contributed by atoms with Gasteiger partial charge >= 0.3 is 0 Å². The van der Waals surface area contributed by atoms with Crippen molar-refractivity contribution in [1.29, 1.82) is 0 Å². The molecule has 1 aliphatic heterocycles. The van der Waals surface area contributed by atoms with Gasteiger partial charge in [-0.05, 0) is 57.8 Å². The molecular formula is C22H31N3O2S. The molecule has 1 aromatic carbocycles. The van der Waals surface area contributed by atoms with Crippen LogP contribution in [0.3, 0.4) is 0 Å². The zero-order chi connectivity index (χ0) is 19.9. The van der Waals surface area contributed by atoms with Gasteiger partial charge < -0.3 is 14.7 Å². The second-order valence-electron chi connectivity index (χ2n) is 7.76. The van der Waals surface area contributed by atoms with Crippen LogP contribution >= 0.6 is 11.8 Å². The van der Waals surface area contributed by atoms with Crippen LogP contribution in [0.25, 0.3) is 0 Å². The largest absolute Gasteiger partial charge is 0.361 e. The van der Waals surface area contributed by atoms with E-state index in [4.69, 9.17) is 4.52 Å². The Morgan fingerprint density at radius 3 is 2.71 bits per heavy atom. The van der Waals surface area contributed by atoms with Gasteiger partial charge in [0.05, 0.1) is 11.3 Å². The summed E-state index contributed by atoms with van der Waals surface area (Å²) >= 11 is 1.66. The van der Waals surface area contributed by atoms with E-state index in [1.54, 1.807) is 11.8 Å². The number of hydrogen-bond donors (Lipinski definition) is 1. The molecule has 6 heteroatoms. The first-order valence-corrected chi connectivity index (χ1v) is 11.2. The zero-order valence-electron chi connectivity index (χ0n) is 17.2. The molecule has 0 bridgehead atoms. The first kappa shape index (κ1) is 20.9. The number of aromatic nitrogens is 1. The number of aryl methyl sites for hydroxylation is 2. The molecule has 0 radical (unpaired) electrons. The van der Waals surface area contributed by atoms with Crippen LogP contribution < -0.4 is 5.32 Å². The predicted molar refractivity (Wildman–Crippen MR) is 114 cm³/mol.